The topological polar surface area (TPSA) is 97.1 Å². The Morgan fingerprint density at radius 3 is 2.36 bits per heavy atom. The number of hydrogen-bond acceptors (Lipinski definition) is 4. The van der Waals surface area contributed by atoms with Crippen molar-refractivity contribution < 1.29 is 14.7 Å². The van der Waals surface area contributed by atoms with Crippen LogP contribution in [0.5, 0.6) is 0 Å². The first-order valence-corrected chi connectivity index (χ1v) is 9.58. The van der Waals surface area contributed by atoms with Crippen LogP contribution in [0, 0.1) is 0 Å². The minimum Gasteiger partial charge on any atom is -0.478 e. The first-order chi connectivity index (χ1) is 13.2. The molecule has 0 spiro atoms. The van der Waals surface area contributed by atoms with E-state index in [-0.39, 0.29) is 37.8 Å². The van der Waals surface area contributed by atoms with Crippen LogP contribution in [-0.4, -0.2) is 31.7 Å². The van der Waals surface area contributed by atoms with E-state index in [1.165, 1.54) is 35.1 Å². The van der Waals surface area contributed by atoms with Gasteiger partial charge in [-0.2, -0.15) is 5.10 Å². The summed E-state index contributed by atoms with van der Waals surface area (Å²) >= 11 is 27.1. The first kappa shape index (κ1) is 20.9. The molecule has 0 bridgehead atoms. The van der Waals surface area contributed by atoms with Gasteiger partial charge in [0.1, 0.15) is 10.3 Å². The number of aromatic nitrogens is 3. The Hall–Kier alpha value is -1.84. The molecule has 3 rings (SSSR count). The third-order valence-electron chi connectivity index (χ3n) is 3.43. The molecule has 28 heavy (non-hydrogen) atoms. The van der Waals surface area contributed by atoms with Crippen LogP contribution in [0.4, 0.5) is 5.69 Å². The Bertz CT molecular complexity index is 1120. The lowest BCUT2D eigenvalue weighted by molar-refractivity contribution is 0.0698. The van der Waals surface area contributed by atoms with E-state index in [9.17, 15) is 14.7 Å². The predicted molar refractivity (Wildman–Crippen MR) is 110 cm³/mol. The average molecular weight is 525 g/mol. The van der Waals surface area contributed by atoms with Gasteiger partial charge >= 0.3 is 5.97 Å². The Morgan fingerprint density at radius 1 is 1.04 bits per heavy atom. The van der Waals surface area contributed by atoms with Gasteiger partial charge in [-0.1, -0.05) is 46.4 Å². The van der Waals surface area contributed by atoms with Crippen molar-refractivity contribution in [1.29, 1.82) is 0 Å². The van der Waals surface area contributed by atoms with E-state index in [1.54, 1.807) is 0 Å². The molecule has 2 aromatic heterocycles. The third kappa shape index (κ3) is 4.26. The van der Waals surface area contributed by atoms with Gasteiger partial charge in [0.05, 0.1) is 26.3 Å². The van der Waals surface area contributed by atoms with E-state index < -0.39 is 11.9 Å². The first-order valence-electron chi connectivity index (χ1n) is 7.28. The molecule has 3 aromatic rings. The zero-order valence-electron chi connectivity index (χ0n) is 13.4. The highest BCUT2D eigenvalue weighted by atomic mass is 79.9. The van der Waals surface area contributed by atoms with Crippen molar-refractivity contribution in [3.05, 3.63) is 66.4 Å². The molecule has 0 saturated carbocycles. The highest BCUT2D eigenvalue weighted by molar-refractivity contribution is 9.10. The largest absolute Gasteiger partial charge is 0.478 e. The van der Waals surface area contributed by atoms with Crippen LogP contribution in [0.1, 0.15) is 20.8 Å². The number of benzene rings is 1. The number of hydrogen-bond donors (Lipinski definition) is 2. The molecule has 1 aromatic carbocycles. The van der Waals surface area contributed by atoms with E-state index in [4.69, 9.17) is 46.4 Å². The van der Waals surface area contributed by atoms with Gasteiger partial charge in [0.15, 0.2) is 5.82 Å². The van der Waals surface area contributed by atoms with Crippen molar-refractivity contribution in [3.8, 4) is 5.82 Å². The number of carbonyl (C=O) groups excluding carboxylic acids is 1. The molecule has 144 valence electrons. The van der Waals surface area contributed by atoms with Crippen LogP contribution >= 0.6 is 62.3 Å². The number of carboxylic acids is 1. The van der Waals surface area contributed by atoms with Crippen LogP contribution in [0.15, 0.2) is 35.1 Å². The maximum Gasteiger partial charge on any atom is 0.337 e. The summed E-state index contributed by atoms with van der Waals surface area (Å²) in [7, 11) is 0. The molecular weight excluding hydrogens is 518 g/mol. The van der Waals surface area contributed by atoms with E-state index in [2.05, 4.69) is 31.3 Å². The van der Waals surface area contributed by atoms with Crippen molar-refractivity contribution in [3.63, 3.8) is 0 Å². The smallest absolute Gasteiger partial charge is 0.337 e. The number of anilines is 1. The third-order valence-corrected chi connectivity index (χ3v) is 4.81. The second-order valence-corrected chi connectivity index (χ2v) is 7.79. The Labute approximate surface area is 186 Å². The summed E-state index contributed by atoms with van der Waals surface area (Å²) < 4.78 is 1.51. The van der Waals surface area contributed by atoms with E-state index in [0.717, 1.165) is 0 Å². The van der Waals surface area contributed by atoms with Gasteiger partial charge in [-0.3, -0.25) is 4.79 Å². The summed E-state index contributed by atoms with van der Waals surface area (Å²) in [6.45, 7) is 0. The molecule has 2 N–H and O–H groups in total. The molecule has 1 amide bonds. The van der Waals surface area contributed by atoms with E-state index in [0.29, 0.717) is 9.63 Å². The second kappa shape index (κ2) is 8.26. The highest BCUT2D eigenvalue weighted by Crippen LogP contribution is 2.31. The predicted octanol–water partition coefficient (Wildman–Crippen LogP) is 5.59. The molecule has 0 aliphatic heterocycles. The minimum absolute atomic E-state index is 0.0194. The normalized spacial score (nSPS) is 10.8. The molecule has 0 aliphatic carbocycles. The average Bonchev–Trinajstić information content (AvgIpc) is 2.98. The SMILES string of the molecule is O=C(O)c1cc(Cl)cc(Cl)c1NC(=O)c1cc(Br)nn1-c1ncc(Cl)cc1Cl. The van der Waals surface area contributed by atoms with Gasteiger partial charge in [-0.05, 0) is 34.1 Å². The maximum atomic E-state index is 12.8. The molecule has 0 fully saturated rings. The van der Waals surface area contributed by atoms with Crippen molar-refractivity contribution in [2.24, 2.45) is 0 Å². The van der Waals surface area contributed by atoms with Crippen molar-refractivity contribution in [2.45, 2.75) is 0 Å². The standard InChI is InChI=1S/C16H7BrCl4N4O3/c17-12-4-11(25(24-12)14-10(21)3-7(19)5-22-14)15(26)23-13-8(16(27)28)1-6(18)2-9(13)20/h1-5H,(H,23,26)(H,27,28). The number of nitrogens with zero attached hydrogens (tertiary/aromatic N) is 3. The molecule has 12 heteroatoms. The van der Waals surface area contributed by atoms with Gasteiger partial charge in [-0.25, -0.2) is 14.5 Å². The lowest BCUT2D eigenvalue weighted by Gasteiger charge is -2.12. The van der Waals surface area contributed by atoms with Gasteiger partial charge in [0, 0.05) is 17.3 Å². The van der Waals surface area contributed by atoms with Gasteiger partial charge in [0.2, 0.25) is 0 Å². The molecular formula is C16H7BrCl4N4O3. The number of amides is 1. The van der Waals surface area contributed by atoms with Gasteiger partial charge < -0.3 is 10.4 Å². The van der Waals surface area contributed by atoms with Crippen molar-refractivity contribution in [1.82, 2.24) is 14.8 Å². The molecule has 7 nitrogen and oxygen atoms in total. The fourth-order valence-corrected chi connectivity index (χ4v) is 3.66. The second-order valence-electron chi connectivity index (χ2n) is 5.29. The van der Waals surface area contributed by atoms with Crippen LogP contribution in [-0.2, 0) is 0 Å². The lowest BCUT2D eigenvalue weighted by atomic mass is 10.1. The van der Waals surface area contributed by atoms with E-state index in [1.807, 2.05) is 0 Å². The van der Waals surface area contributed by atoms with Crippen LogP contribution in [0.25, 0.3) is 5.82 Å². The summed E-state index contributed by atoms with van der Waals surface area (Å²) in [5.41, 5.74) is -0.354. The highest BCUT2D eigenvalue weighted by Gasteiger charge is 2.23. The summed E-state index contributed by atoms with van der Waals surface area (Å²) in [6.07, 6.45) is 1.35. The maximum absolute atomic E-state index is 12.8. The van der Waals surface area contributed by atoms with Gasteiger partial charge in [0.25, 0.3) is 5.91 Å². The molecule has 0 saturated heterocycles. The molecule has 0 radical (unpaired) electrons. The number of aromatic carboxylic acids is 1. The quantitative estimate of drug-likeness (QED) is 0.463. The summed E-state index contributed by atoms with van der Waals surface area (Å²) in [5, 5.41) is 16.5. The van der Waals surface area contributed by atoms with Crippen LogP contribution in [0.2, 0.25) is 20.1 Å². The Balaban J connectivity index is 2.05. The number of pyridine rings is 1. The van der Waals surface area contributed by atoms with E-state index >= 15 is 0 Å². The zero-order valence-corrected chi connectivity index (χ0v) is 18.0. The zero-order chi connectivity index (χ0) is 20.6. The van der Waals surface area contributed by atoms with Gasteiger partial charge in [-0.15, -0.1) is 0 Å². The Kier molecular flexibility index (Phi) is 6.16. The van der Waals surface area contributed by atoms with Crippen LogP contribution in [0.3, 0.4) is 0 Å². The Morgan fingerprint density at radius 2 is 1.71 bits per heavy atom. The van der Waals surface area contributed by atoms with Crippen molar-refractivity contribution in [2.75, 3.05) is 5.32 Å². The van der Waals surface area contributed by atoms with Crippen LogP contribution < -0.4 is 5.32 Å². The molecule has 0 unspecified atom stereocenters. The lowest BCUT2D eigenvalue weighted by Crippen LogP contribution is -2.19. The minimum atomic E-state index is -1.31. The molecule has 0 atom stereocenters. The fraction of sp³-hybridized carbons (Fsp3) is 0. The molecule has 2 heterocycles. The number of carbonyl (C=O) groups is 2. The fourth-order valence-electron chi connectivity index (χ4n) is 2.29. The molecule has 0 aliphatic rings. The van der Waals surface area contributed by atoms with Crippen molar-refractivity contribution >= 4 is 79.9 Å². The number of carboxylic acid groups (broad SMARTS) is 1. The number of nitrogens with one attached hydrogen (secondary N) is 1. The summed E-state index contributed by atoms with van der Waals surface area (Å²) in [5.74, 6) is -1.85. The number of rotatable bonds is 4. The number of halogens is 5. The summed E-state index contributed by atoms with van der Waals surface area (Å²) in [6, 6.07) is 5.35. The monoisotopic (exact) mass is 522 g/mol. The summed E-state index contributed by atoms with van der Waals surface area (Å²) in [4.78, 5) is 28.4.